The van der Waals surface area contributed by atoms with Gasteiger partial charge in [-0.15, -0.1) is 5.10 Å². The molecule has 2 heterocycles. The largest absolute Gasteiger partial charge is 0.453 e. The predicted octanol–water partition coefficient (Wildman–Crippen LogP) is 6.06. The Morgan fingerprint density at radius 3 is 2.42 bits per heavy atom. The number of pyridine rings is 2. The molecule has 0 unspecified atom stereocenters. The first-order chi connectivity index (χ1) is 14.7. The molecule has 7 nitrogen and oxygen atoms in total. The smallest absolute Gasteiger partial charge is 0.418 e. The molecule has 0 aliphatic heterocycles. The van der Waals surface area contributed by atoms with Gasteiger partial charge in [0.25, 0.3) is 0 Å². The van der Waals surface area contributed by atoms with E-state index in [0.717, 1.165) is 12.1 Å². The molecule has 0 aliphatic rings. The number of hydrogen-bond acceptors (Lipinski definition) is 6. The summed E-state index contributed by atoms with van der Waals surface area (Å²) >= 11 is 0. The van der Waals surface area contributed by atoms with Crippen LogP contribution < -0.4 is 10.1 Å². The van der Waals surface area contributed by atoms with Crippen LogP contribution in [0.5, 0.6) is 11.5 Å². The third-order valence-corrected chi connectivity index (χ3v) is 3.93. The van der Waals surface area contributed by atoms with Crippen LogP contribution in [0, 0.1) is 17.2 Å². The molecule has 0 amide bonds. The van der Waals surface area contributed by atoms with Crippen molar-refractivity contribution in [3.8, 4) is 11.5 Å². The average molecular weight is 436 g/mol. The summed E-state index contributed by atoms with van der Waals surface area (Å²) in [6.45, 7) is 1.62. The highest BCUT2D eigenvalue weighted by atomic mass is 19.4. The van der Waals surface area contributed by atoms with Gasteiger partial charge in [0.1, 0.15) is 11.6 Å². The van der Waals surface area contributed by atoms with Gasteiger partial charge in [0.15, 0.2) is 23.2 Å². The number of alkyl halides is 3. The number of benzene rings is 1. The number of hydrogen-bond donors (Lipinski definition) is 2. The van der Waals surface area contributed by atoms with E-state index in [-0.39, 0.29) is 23.1 Å². The van der Waals surface area contributed by atoms with Gasteiger partial charge >= 0.3 is 6.18 Å². The Morgan fingerprint density at radius 1 is 1.03 bits per heavy atom. The van der Waals surface area contributed by atoms with Crippen LogP contribution in [0.2, 0.25) is 0 Å². The lowest BCUT2D eigenvalue weighted by Crippen LogP contribution is -2.08. The maximum absolute atomic E-state index is 13.5. The molecule has 3 aromatic rings. The Bertz CT molecular complexity index is 1130. The first kappa shape index (κ1) is 21.7. The number of rotatable bonds is 6. The first-order valence-electron chi connectivity index (χ1n) is 8.52. The van der Waals surface area contributed by atoms with Gasteiger partial charge < -0.3 is 10.1 Å². The van der Waals surface area contributed by atoms with Gasteiger partial charge in [0, 0.05) is 24.0 Å². The van der Waals surface area contributed by atoms with Gasteiger partial charge in [-0.25, -0.2) is 18.7 Å². The zero-order valence-electron chi connectivity index (χ0n) is 15.7. The Labute approximate surface area is 172 Å². The quantitative estimate of drug-likeness (QED) is 0.212. The molecule has 160 valence electrons. The fourth-order valence-corrected chi connectivity index (χ4v) is 2.37. The summed E-state index contributed by atoms with van der Waals surface area (Å²) in [6, 6.07) is 6.32. The van der Waals surface area contributed by atoms with Crippen LogP contribution in [0.4, 0.5) is 33.6 Å². The molecule has 0 bridgehead atoms. The summed E-state index contributed by atoms with van der Waals surface area (Å²) in [4.78, 5) is 7.84. The van der Waals surface area contributed by atoms with Crippen molar-refractivity contribution in [1.29, 1.82) is 5.53 Å². The Morgan fingerprint density at radius 2 is 1.81 bits per heavy atom. The highest BCUT2D eigenvalue weighted by molar-refractivity contribution is 5.98. The van der Waals surface area contributed by atoms with E-state index in [2.05, 4.69) is 25.6 Å². The van der Waals surface area contributed by atoms with Crippen molar-refractivity contribution in [2.75, 3.05) is 5.32 Å². The zero-order valence-corrected chi connectivity index (χ0v) is 15.7. The predicted molar refractivity (Wildman–Crippen MR) is 101 cm³/mol. The molecular formula is C19H13F5N6O. The van der Waals surface area contributed by atoms with Crippen molar-refractivity contribution in [3.63, 3.8) is 0 Å². The summed E-state index contributed by atoms with van der Waals surface area (Å²) in [6.07, 6.45) is -2.69. The van der Waals surface area contributed by atoms with Crippen LogP contribution >= 0.6 is 0 Å². The van der Waals surface area contributed by atoms with Crippen LogP contribution in [-0.2, 0) is 6.18 Å². The normalized spacial score (nSPS) is 11.9. The molecule has 31 heavy (non-hydrogen) atoms. The summed E-state index contributed by atoms with van der Waals surface area (Å²) in [7, 11) is 0. The molecule has 0 fully saturated rings. The SMILES string of the molecule is C/C(=N\N=N)c1ccc(Nc2ncc(C(F)(F)F)cc2Oc2ccc(F)c(F)c2)nc1. The third-order valence-electron chi connectivity index (χ3n) is 3.93. The molecule has 2 aromatic heterocycles. The maximum atomic E-state index is 13.5. The molecule has 0 spiro atoms. The van der Waals surface area contributed by atoms with E-state index in [1.807, 2.05) is 0 Å². The maximum Gasteiger partial charge on any atom is 0.418 e. The topological polar surface area (TPSA) is 95.6 Å². The number of halogens is 5. The molecule has 3 rings (SSSR count). The Balaban J connectivity index is 1.94. The number of aromatic nitrogens is 2. The molecule has 0 radical (unpaired) electrons. The van der Waals surface area contributed by atoms with Gasteiger partial charge in [0.05, 0.1) is 11.3 Å². The van der Waals surface area contributed by atoms with Gasteiger partial charge in [-0.1, -0.05) is 5.22 Å². The van der Waals surface area contributed by atoms with E-state index in [1.165, 1.54) is 12.3 Å². The molecule has 1 aromatic carbocycles. The van der Waals surface area contributed by atoms with Crippen LogP contribution in [0.3, 0.4) is 0 Å². The molecule has 0 saturated carbocycles. The molecular weight excluding hydrogens is 423 g/mol. The number of nitrogens with one attached hydrogen (secondary N) is 2. The van der Waals surface area contributed by atoms with Crippen LogP contribution in [-0.4, -0.2) is 15.7 Å². The van der Waals surface area contributed by atoms with E-state index in [0.29, 0.717) is 29.6 Å². The van der Waals surface area contributed by atoms with Gasteiger partial charge in [-0.05, 0) is 37.3 Å². The number of ether oxygens (including phenoxy) is 1. The lowest BCUT2D eigenvalue weighted by atomic mass is 10.2. The average Bonchev–Trinajstić information content (AvgIpc) is 2.72. The van der Waals surface area contributed by atoms with E-state index in [1.54, 1.807) is 13.0 Å². The monoisotopic (exact) mass is 436 g/mol. The minimum Gasteiger partial charge on any atom is -0.453 e. The van der Waals surface area contributed by atoms with Crippen molar-refractivity contribution in [2.45, 2.75) is 13.1 Å². The number of anilines is 2. The third kappa shape index (κ3) is 5.35. The van der Waals surface area contributed by atoms with E-state index in [4.69, 9.17) is 10.3 Å². The first-order valence-corrected chi connectivity index (χ1v) is 8.52. The summed E-state index contributed by atoms with van der Waals surface area (Å²) in [5.41, 5.74) is 6.64. The summed E-state index contributed by atoms with van der Waals surface area (Å²) in [5.74, 6) is -2.88. The van der Waals surface area contributed by atoms with Crippen molar-refractivity contribution in [3.05, 3.63) is 71.6 Å². The Kier molecular flexibility index (Phi) is 6.18. The van der Waals surface area contributed by atoms with Crippen molar-refractivity contribution in [1.82, 2.24) is 9.97 Å². The van der Waals surface area contributed by atoms with Gasteiger partial charge in [-0.2, -0.15) is 18.7 Å². The zero-order chi connectivity index (χ0) is 22.6. The lowest BCUT2D eigenvalue weighted by Gasteiger charge is -2.15. The minimum atomic E-state index is -4.70. The van der Waals surface area contributed by atoms with Crippen molar-refractivity contribution in [2.24, 2.45) is 10.3 Å². The van der Waals surface area contributed by atoms with E-state index in [9.17, 15) is 22.0 Å². The highest BCUT2D eigenvalue weighted by Gasteiger charge is 2.32. The Hall–Kier alpha value is -3.96. The fourth-order valence-electron chi connectivity index (χ4n) is 2.37. The van der Waals surface area contributed by atoms with Gasteiger partial charge in [-0.3, -0.25) is 0 Å². The van der Waals surface area contributed by atoms with E-state index < -0.39 is 23.4 Å². The summed E-state index contributed by atoms with van der Waals surface area (Å²) < 4.78 is 71.2. The van der Waals surface area contributed by atoms with Crippen molar-refractivity contribution < 1.29 is 26.7 Å². The molecule has 2 N–H and O–H groups in total. The van der Waals surface area contributed by atoms with Crippen molar-refractivity contribution >= 4 is 17.3 Å². The standard InChI is InChI=1S/C19H13F5N6O/c1-10(29-30-25)11-2-5-17(26-8-11)28-18-16(6-12(9-27-18)19(22,23)24)31-13-3-4-14(20)15(21)7-13/h2-9,25H,1H3,(H,26,27,28)/b29-10+,30-25?. The highest BCUT2D eigenvalue weighted by Crippen LogP contribution is 2.36. The number of nitrogens with zero attached hydrogens (tertiary/aromatic N) is 4. The lowest BCUT2D eigenvalue weighted by molar-refractivity contribution is -0.137. The van der Waals surface area contributed by atoms with E-state index >= 15 is 0 Å². The minimum absolute atomic E-state index is 0.135. The second-order valence-corrected chi connectivity index (χ2v) is 6.09. The molecule has 0 aliphatic carbocycles. The second-order valence-electron chi connectivity index (χ2n) is 6.09. The van der Waals surface area contributed by atoms with Crippen LogP contribution in [0.15, 0.2) is 59.1 Å². The summed E-state index contributed by atoms with van der Waals surface area (Å²) in [5, 5.41) is 9.20. The van der Waals surface area contributed by atoms with Crippen LogP contribution in [0.25, 0.3) is 0 Å². The molecule has 0 saturated heterocycles. The fraction of sp³-hybridized carbons (Fsp3) is 0.105. The van der Waals surface area contributed by atoms with Crippen LogP contribution in [0.1, 0.15) is 18.1 Å². The molecule has 12 heteroatoms. The second kappa shape index (κ2) is 8.81. The molecule has 0 atom stereocenters. The van der Waals surface area contributed by atoms with Gasteiger partial charge in [0.2, 0.25) is 0 Å².